The molecule has 0 saturated heterocycles. The zero-order chi connectivity index (χ0) is 15.3. The van der Waals surface area contributed by atoms with Crippen LogP contribution in [0.15, 0.2) is 28.7 Å². The summed E-state index contributed by atoms with van der Waals surface area (Å²) in [5, 5.41) is 3.11. The molecule has 1 aliphatic carbocycles. The monoisotopic (exact) mass is 352 g/mol. The number of hydrogen-bond acceptors (Lipinski definition) is 2. The van der Waals surface area contributed by atoms with E-state index in [0.717, 1.165) is 22.9 Å². The fourth-order valence-corrected chi connectivity index (χ4v) is 3.49. The third-order valence-corrected chi connectivity index (χ3v) is 5.16. The number of nitrogens with two attached hydrogens (primary N) is 1. The van der Waals surface area contributed by atoms with Crippen LogP contribution in [0.4, 0.5) is 0 Å². The fourth-order valence-electron chi connectivity index (χ4n) is 3.22. The Balaban J connectivity index is 1.92. The van der Waals surface area contributed by atoms with Crippen molar-refractivity contribution in [2.75, 3.05) is 6.54 Å². The minimum absolute atomic E-state index is 0.0295. The number of halogens is 1. The quantitative estimate of drug-likeness (QED) is 0.843. The predicted molar refractivity (Wildman–Crippen MR) is 89.9 cm³/mol. The van der Waals surface area contributed by atoms with Crippen molar-refractivity contribution in [3.8, 4) is 0 Å². The Kier molecular flexibility index (Phi) is 5.82. The van der Waals surface area contributed by atoms with Crippen LogP contribution >= 0.6 is 15.9 Å². The lowest BCUT2D eigenvalue weighted by Gasteiger charge is -2.36. The number of nitrogens with one attached hydrogen (secondary N) is 1. The highest BCUT2D eigenvalue weighted by molar-refractivity contribution is 9.10. The van der Waals surface area contributed by atoms with Crippen molar-refractivity contribution in [1.29, 1.82) is 0 Å². The van der Waals surface area contributed by atoms with E-state index in [4.69, 9.17) is 5.73 Å². The highest BCUT2D eigenvalue weighted by atomic mass is 79.9. The second kappa shape index (κ2) is 7.41. The Morgan fingerprint density at radius 1 is 1.29 bits per heavy atom. The zero-order valence-corrected chi connectivity index (χ0v) is 14.3. The molecule has 0 spiro atoms. The van der Waals surface area contributed by atoms with Crippen molar-refractivity contribution >= 4 is 21.8 Å². The molecule has 1 fully saturated rings. The molecule has 1 aromatic rings. The van der Waals surface area contributed by atoms with Crippen LogP contribution in [0.3, 0.4) is 0 Å². The molecule has 0 aromatic heterocycles. The van der Waals surface area contributed by atoms with Gasteiger partial charge in [-0.05, 0) is 49.4 Å². The predicted octanol–water partition coefficient (Wildman–Crippen LogP) is 3.93. The summed E-state index contributed by atoms with van der Waals surface area (Å²) < 4.78 is 1.05. The van der Waals surface area contributed by atoms with Crippen LogP contribution in [-0.2, 0) is 4.79 Å². The first-order chi connectivity index (χ1) is 10.0. The van der Waals surface area contributed by atoms with Crippen LogP contribution < -0.4 is 11.1 Å². The highest BCUT2D eigenvalue weighted by Crippen LogP contribution is 2.38. The average Bonchev–Trinajstić information content (AvgIpc) is 2.48. The van der Waals surface area contributed by atoms with E-state index in [1.165, 1.54) is 19.3 Å². The lowest BCUT2D eigenvalue weighted by molar-refractivity contribution is -0.124. The maximum atomic E-state index is 12.4. The summed E-state index contributed by atoms with van der Waals surface area (Å²) >= 11 is 3.43. The van der Waals surface area contributed by atoms with Crippen molar-refractivity contribution < 1.29 is 4.79 Å². The zero-order valence-electron chi connectivity index (χ0n) is 12.7. The lowest BCUT2D eigenvalue weighted by atomic mass is 9.71. The van der Waals surface area contributed by atoms with E-state index in [2.05, 4.69) is 21.2 Å². The molecule has 1 amide bonds. The number of amides is 1. The third-order valence-electron chi connectivity index (χ3n) is 4.63. The SMILES string of the molecule is C[C@H](NC(=O)CC1(CN)CCCCC1)c1ccc(Br)cc1. The van der Waals surface area contributed by atoms with Crippen molar-refractivity contribution in [3.63, 3.8) is 0 Å². The van der Waals surface area contributed by atoms with Crippen LogP contribution in [0.2, 0.25) is 0 Å². The highest BCUT2D eigenvalue weighted by Gasteiger charge is 2.33. The van der Waals surface area contributed by atoms with Gasteiger partial charge in [-0.1, -0.05) is 47.3 Å². The standard InChI is InChI=1S/C17H25BrN2O/c1-13(14-5-7-15(18)8-6-14)20-16(21)11-17(12-19)9-3-2-4-10-17/h5-8,13H,2-4,9-12,19H2,1H3,(H,20,21)/t13-/m0/s1. The molecule has 3 nitrogen and oxygen atoms in total. The van der Waals surface area contributed by atoms with Crippen LogP contribution in [0.1, 0.15) is 57.1 Å². The van der Waals surface area contributed by atoms with Crippen molar-refractivity contribution in [1.82, 2.24) is 5.32 Å². The van der Waals surface area contributed by atoms with Crippen LogP contribution in [0.5, 0.6) is 0 Å². The van der Waals surface area contributed by atoms with Crippen LogP contribution in [0.25, 0.3) is 0 Å². The molecule has 4 heteroatoms. The molecule has 0 radical (unpaired) electrons. The summed E-state index contributed by atoms with van der Waals surface area (Å²) in [5.74, 6) is 0.123. The Morgan fingerprint density at radius 3 is 2.48 bits per heavy atom. The van der Waals surface area contributed by atoms with Crippen molar-refractivity contribution in [2.45, 2.75) is 51.5 Å². The van der Waals surface area contributed by atoms with E-state index >= 15 is 0 Å². The van der Waals surface area contributed by atoms with Gasteiger partial charge in [-0.15, -0.1) is 0 Å². The smallest absolute Gasteiger partial charge is 0.221 e. The molecule has 21 heavy (non-hydrogen) atoms. The van der Waals surface area contributed by atoms with Gasteiger partial charge in [-0.25, -0.2) is 0 Å². The molecule has 1 aromatic carbocycles. The summed E-state index contributed by atoms with van der Waals surface area (Å²) in [7, 11) is 0. The molecule has 1 saturated carbocycles. The number of hydrogen-bond donors (Lipinski definition) is 2. The molecule has 0 unspecified atom stereocenters. The largest absolute Gasteiger partial charge is 0.350 e. The maximum Gasteiger partial charge on any atom is 0.221 e. The number of carbonyl (C=O) groups is 1. The van der Waals surface area contributed by atoms with Gasteiger partial charge in [0.2, 0.25) is 5.91 Å². The van der Waals surface area contributed by atoms with Gasteiger partial charge in [0.15, 0.2) is 0 Å². The topological polar surface area (TPSA) is 55.1 Å². The van der Waals surface area contributed by atoms with Crippen LogP contribution in [-0.4, -0.2) is 12.5 Å². The number of benzene rings is 1. The minimum atomic E-state index is 0.0295. The molecule has 1 aliphatic rings. The third kappa shape index (κ3) is 4.55. The van der Waals surface area contributed by atoms with Crippen molar-refractivity contribution in [3.05, 3.63) is 34.3 Å². The number of carbonyl (C=O) groups excluding carboxylic acids is 1. The van der Waals surface area contributed by atoms with Gasteiger partial charge in [0.05, 0.1) is 6.04 Å². The Bertz CT molecular complexity index is 466. The first-order valence-corrected chi connectivity index (χ1v) is 8.59. The van der Waals surface area contributed by atoms with Gasteiger partial charge >= 0.3 is 0 Å². The summed E-state index contributed by atoms with van der Waals surface area (Å²) in [4.78, 5) is 12.4. The van der Waals surface area contributed by atoms with E-state index in [1.807, 2.05) is 31.2 Å². The molecule has 3 N–H and O–H groups in total. The van der Waals surface area contributed by atoms with Gasteiger partial charge < -0.3 is 11.1 Å². The molecule has 116 valence electrons. The second-order valence-electron chi connectivity index (χ2n) is 6.28. The van der Waals surface area contributed by atoms with E-state index in [9.17, 15) is 4.79 Å². The first kappa shape index (κ1) is 16.5. The molecule has 0 heterocycles. The van der Waals surface area contributed by atoms with E-state index in [1.54, 1.807) is 0 Å². The summed E-state index contributed by atoms with van der Waals surface area (Å²) in [5.41, 5.74) is 7.11. The van der Waals surface area contributed by atoms with Gasteiger partial charge in [0.1, 0.15) is 0 Å². The fraction of sp³-hybridized carbons (Fsp3) is 0.588. The lowest BCUT2D eigenvalue weighted by Crippen LogP contribution is -2.39. The molecule has 0 bridgehead atoms. The maximum absolute atomic E-state index is 12.4. The number of rotatable bonds is 5. The van der Waals surface area contributed by atoms with Gasteiger partial charge in [-0.2, -0.15) is 0 Å². The molecular weight excluding hydrogens is 328 g/mol. The van der Waals surface area contributed by atoms with E-state index < -0.39 is 0 Å². The Hall–Kier alpha value is -0.870. The summed E-state index contributed by atoms with van der Waals surface area (Å²) in [6, 6.07) is 8.10. The summed E-state index contributed by atoms with van der Waals surface area (Å²) in [6.45, 7) is 2.64. The van der Waals surface area contributed by atoms with Gasteiger partial charge in [-0.3, -0.25) is 4.79 Å². The Labute approximate surface area is 135 Å². The van der Waals surface area contributed by atoms with Crippen LogP contribution in [0, 0.1) is 5.41 Å². The van der Waals surface area contributed by atoms with E-state index in [0.29, 0.717) is 13.0 Å². The molecule has 0 aliphatic heterocycles. The summed E-state index contributed by atoms with van der Waals surface area (Å²) in [6.07, 6.45) is 6.41. The Morgan fingerprint density at radius 2 is 1.90 bits per heavy atom. The van der Waals surface area contributed by atoms with Gasteiger partial charge in [0, 0.05) is 10.9 Å². The van der Waals surface area contributed by atoms with E-state index in [-0.39, 0.29) is 17.4 Å². The average molecular weight is 353 g/mol. The normalized spacial score (nSPS) is 19.0. The van der Waals surface area contributed by atoms with Crippen molar-refractivity contribution in [2.24, 2.45) is 11.1 Å². The first-order valence-electron chi connectivity index (χ1n) is 7.80. The second-order valence-corrected chi connectivity index (χ2v) is 7.20. The molecule has 2 rings (SSSR count). The van der Waals surface area contributed by atoms with Gasteiger partial charge in [0.25, 0.3) is 0 Å². The minimum Gasteiger partial charge on any atom is -0.350 e. The molecular formula is C17H25BrN2O. The molecule has 1 atom stereocenters.